The van der Waals surface area contributed by atoms with Gasteiger partial charge < -0.3 is 10.9 Å². The first-order valence-electron chi connectivity index (χ1n) is 4.14. The molecule has 0 fully saturated rings. The molecule has 0 aliphatic carbocycles. The first-order chi connectivity index (χ1) is 6.13. The van der Waals surface area contributed by atoms with Crippen molar-refractivity contribution in [1.82, 2.24) is 9.78 Å². The molecule has 0 amide bonds. The van der Waals surface area contributed by atoms with Gasteiger partial charge in [-0.25, -0.2) is 0 Å². The summed E-state index contributed by atoms with van der Waals surface area (Å²) >= 11 is 0. The lowest BCUT2D eigenvalue weighted by molar-refractivity contribution is 0.318. The van der Waals surface area contributed by atoms with Crippen molar-refractivity contribution in [3.05, 3.63) is 18.0 Å². The van der Waals surface area contributed by atoms with Crippen LogP contribution in [0.1, 0.15) is 19.4 Å². The zero-order valence-corrected chi connectivity index (χ0v) is 7.81. The molecule has 72 valence electrons. The van der Waals surface area contributed by atoms with Gasteiger partial charge in [-0.15, -0.1) is 0 Å². The topological polar surface area (TPSA) is 76.4 Å². The second-order valence-corrected chi connectivity index (χ2v) is 3.33. The van der Waals surface area contributed by atoms with Crippen molar-refractivity contribution in [2.24, 2.45) is 16.8 Å². The average molecular weight is 182 g/mol. The summed E-state index contributed by atoms with van der Waals surface area (Å²) in [6.07, 6.45) is 3.34. The van der Waals surface area contributed by atoms with E-state index in [1.54, 1.807) is 17.1 Å². The maximum Gasteiger partial charge on any atom is 0.173 e. The second-order valence-electron chi connectivity index (χ2n) is 3.33. The van der Waals surface area contributed by atoms with E-state index in [0.717, 1.165) is 6.54 Å². The van der Waals surface area contributed by atoms with E-state index in [-0.39, 0.29) is 5.84 Å². The summed E-state index contributed by atoms with van der Waals surface area (Å²) in [5, 5.41) is 15.4. The van der Waals surface area contributed by atoms with E-state index in [2.05, 4.69) is 24.1 Å². The molecule has 1 aromatic heterocycles. The monoisotopic (exact) mass is 182 g/mol. The Balaban J connectivity index is 2.75. The Labute approximate surface area is 76.8 Å². The number of rotatable bonds is 3. The molecular weight excluding hydrogens is 168 g/mol. The number of hydrogen-bond acceptors (Lipinski definition) is 3. The van der Waals surface area contributed by atoms with Gasteiger partial charge in [-0.2, -0.15) is 5.10 Å². The molecule has 3 N–H and O–H groups in total. The van der Waals surface area contributed by atoms with Gasteiger partial charge >= 0.3 is 0 Å². The largest absolute Gasteiger partial charge is 0.409 e. The van der Waals surface area contributed by atoms with Gasteiger partial charge in [-0.3, -0.25) is 4.68 Å². The third-order valence-corrected chi connectivity index (χ3v) is 1.59. The second kappa shape index (κ2) is 3.93. The van der Waals surface area contributed by atoms with Gasteiger partial charge in [0.2, 0.25) is 0 Å². The van der Waals surface area contributed by atoms with Crippen LogP contribution in [0.2, 0.25) is 0 Å². The Bertz CT molecular complexity index is 303. The molecular formula is C8H14N4O. The minimum atomic E-state index is 0.0926. The molecule has 0 radical (unpaired) electrons. The van der Waals surface area contributed by atoms with E-state index >= 15 is 0 Å². The Kier molecular flexibility index (Phi) is 2.89. The normalized spacial score (nSPS) is 12.4. The van der Waals surface area contributed by atoms with Crippen molar-refractivity contribution in [3.63, 3.8) is 0 Å². The highest BCUT2D eigenvalue weighted by Crippen LogP contribution is 2.01. The summed E-state index contributed by atoms with van der Waals surface area (Å²) in [4.78, 5) is 0. The lowest BCUT2D eigenvalue weighted by Crippen LogP contribution is -2.12. The number of aromatic nitrogens is 2. The summed E-state index contributed by atoms with van der Waals surface area (Å²) in [5.41, 5.74) is 6.03. The highest BCUT2D eigenvalue weighted by Gasteiger charge is 2.03. The Morgan fingerprint density at radius 1 is 1.77 bits per heavy atom. The van der Waals surface area contributed by atoms with Gasteiger partial charge in [0.1, 0.15) is 0 Å². The van der Waals surface area contributed by atoms with Crippen molar-refractivity contribution in [3.8, 4) is 0 Å². The zero-order chi connectivity index (χ0) is 9.84. The van der Waals surface area contributed by atoms with Gasteiger partial charge in [0.15, 0.2) is 5.84 Å². The molecule has 0 unspecified atom stereocenters. The standard InChI is InChI=1S/C8H14N4O/c1-6(2)4-12-5-7(3-10-12)8(9)11-13/h3,5-6,13H,4H2,1-2H3,(H2,9,11). The van der Waals surface area contributed by atoms with Crippen molar-refractivity contribution >= 4 is 5.84 Å². The Hall–Kier alpha value is -1.52. The number of nitrogens with two attached hydrogens (primary N) is 1. The first-order valence-corrected chi connectivity index (χ1v) is 4.14. The predicted molar refractivity (Wildman–Crippen MR) is 49.6 cm³/mol. The van der Waals surface area contributed by atoms with Crippen LogP contribution in [0.15, 0.2) is 17.5 Å². The molecule has 0 saturated heterocycles. The predicted octanol–water partition coefficient (Wildman–Crippen LogP) is 0.634. The Morgan fingerprint density at radius 2 is 2.46 bits per heavy atom. The maximum atomic E-state index is 8.41. The lowest BCUT2D eigenvalue weighted by Gasteiger charge is -2.03. The number of oxime groups is 1. The fourth-order valence-electron chi connectivity index (χ4n) is 1.03. The van der Waals surface area contributed by atoms with E-state index in [1.165, 1.54) is 0 Å². The minimum Gasteiger partial charge on any atom is -0.409 e. The van der Waals surface area contributed by atoms with Crippen LogP contribution in [0.4, 0.5) is 0 Å². The van der Waals surface area contributed by atoms with Crippen LogP contribution in [0.3, 0.4) is 0 Å². The van der Waals surface area contributed by atoms with Gasteiger partial charge in [0.05, 0.1) is 11.8 Å². The number of amidine groups is 1. The molecule has 0 aromatic carbocycles. The van der Waals surface area contributed by atoms with Crippen LogP contribution in [0.5, 0.6) is 0 Å². The molecule has 0 aliphatic rings. The molecule has 13 heavy (non-hydrogen) atoms. The molecule has 5 nitrogen and oxygen atoms in total. The zero-order valence-electron chi connectivity index (χ0n) is 7.81. The molecule has 1 aromatic rings. The summed E-state index contributed by atoms with van der Waals surface area (Å²) in [7, 11) is 0. The van der Waals surface area contributed by atoms with Crippen LogP contribution < -0.4 is 5.73 Å². The molecule has 0 saturated carbocycles. The molecule has 0 atom stereocenters. The number of hydrogen-bond donors (Lipinski definition) is 2. The third kappa shape index (κ3) is 2.47. The van der Waals surface area contributed by atoms with Crippen LogP contribution in [0, 0.1) is 5.92 Å². The highest BCUT2D eigenvalue weighted by atomic mass is 16.4. The summed E-state index contributed by atoms with van der Waals surface area (Å²) in [6.45, 7) is 5.04. The molecule has 0 spiro atoms. The fraction of sp³-hybridized carbons (Fsp3) is 0.500. The molecule has 0 aliphatic heterocycles. The smallest absolute Gasteiger partial charge is 0.173 e. The van der Waals surface area contributed by atoms with Crippen LogP contribution in [-0.4, -0.2) is 20.8 Å². The van der Waals surface area contributed by atoms with Crippen LogP contribution in [-0.2, 0) is 6.54 Å². The molecule has 5 heteroatoms. The van der Waals surface area contributed by atoms with Gasteiger partial charge in [-0.05, 0) is 5.92 Å². The summed E-state index contributed by atoms with van der Waals surface area (Å²) < 4.78 is 1.78. The molecule has 1 rings (SSSR count). The summed E-state index contributed by atoms with van der Waals surface area (Å²) in [6, 6.07) is 0. The highest BCUT2D eigenvalue weighted by molar-refractivity contribution is 5.96. The van der Waals surface area contributed by atoms with Crippen molar-refractivity contribution in [2.75, 3.05) is 0 Å². The van der Waals surface area contributed by atoms with Crippen LogP contribution in [0.25, 0.3) is 0 Å². The van der Waals surface area contributed by atoms with Gasteiger partial charge in [0.25, 0.3) is 0 Å². The van der Waals surface area contributed by atoms with E-state index in [0.29, 0.717) is 11.5 Å². The minimum absolute atomic E-state index is 0.0926. The average Bonchev–Trinajstić information content (AvgIpc) is 2.50. The first kappa shape index (κ1) is 9.57. The van der Waals surface area contributed by atoms with Crippen LogP contribution >= 0.6 is 0 Å². The fourth-order valence-corrected chi connectivity index (χ4v) is 1.03. The van der Waals surface area contributed by atoms with Gasteiger partial charge in [0, 0.05) is 12.7 Å². The van der Waals surface area contributed by atoms with E-state index < -0.39 is 0 Å². The SMILES string of the molecule is CC(C)Cn1cc(/C(N)=N\O)cn1. The third-order valence-electron chi connectivity index (χ3n) is 1.59. The van der Waals surface area contributed by atoms with Crippen molar-refractivity contribution in [2.45, 2.75) is 20.4 Å². The molecule has 0 bridgehead atoms. The van der Waals surface area contributed by atoms with Crippen molar-refractivity contribution < 1.29 is 5.21 Å². The summed E-state index contributed by atoms with van der Waals surface area (Å²) in [5.74, 6) is 0.620. The van der Waals surface area contributed by atoms with Gasteiger partial charge in [-0.1, -0.05) is 19.0 Å². The lowest BCUT2D eigenvalue weighted by atomic mass is 10.2. The molecule has 1 heterocycles. The van der Waals surface area contributed by atoms with E-state index in [1.807, 2.05) is 0 Å². The van der Waals surface area contributed by atoms with E-state index in [4.69, 9.17) is 10.9 Å². The maximum absolute atomic E-state index is 8.41. The number of nitrogens with zero attached hydrogens (tertiary/aromatic N) is 3. The Morgan fingerprint density at radius 3 is 3.00 bits per heavy atom. The quantitative estimate of drug-likeness (QED) is 0.311. The van der Waals surface area contributed by atoms with Crippen molar-refractivity contribution in [1.29, 1.82) is 0 Å². The van der Waals surface area contributed by atoms with E-state index in [9.17, 15) is 0 Å².